The standard InChI is InChI=1S/C11H16O2.C8H6/c1-4-5-6-7-8-9-11(2,3)10(12)13;1-3-5-7-8-6-4-2/h4-8H,1,9H2,2-3H3,(H,12,13);1-2H3/b6-5-,8-7+;. The minimum Gasteiger partial charge on any atom is -0.481 e. The summed E-state index contributed by atoms with van der Waals surface area (Å²) in [6.07, 6.45) is 9.49. The Hall–Kier alpha value is -2.63. The lowest BCUT2D eigenvalue weighted by Crippen LogP contribution is -2.22. The van der Waals surface area contributed by atoms with Crippen LogP contribution in [0.25, 0.3) is 0 Å². The van der Waals surface area contributed by atoms with E-state index in [1.165, 1.54) is 0 Å². The van der Waals surface area contributed by atoms with Gasteiger partial charge in [-0.25, -0.2) is 0 Å². The molecule has 2 nitrogen and oxygen atoms in total. The third-order valence-corrected chi connectivity index (χ3v) is 2.14. The van der Waals surface area contributed by atoms with E-state index in [1.54, 1.807) is 39.8 Å². The zero-order valence-electron chi connectivity index (χ0n) is 13.2. The fourth-order valence-corrected chi connectivity index (χ4v) is 0.859. The Kier molecular flexibility index (Phi) is 13.6. The van der Waals surface area contributed by atoms with Gasteiger partial charge in [-0.05, 0) is 57.8 Å². The summed E-state index contributed by atoms with van der Waals surface area (Å²) in [6.45, 7) is 10.4. The van der Waals surface area contributed by atoms with Gasteiger partial charge < -0.3 is 5.11 Å². The van der Waals surface area contributed by atoms with Crippen LogP contribution in [0.1, 0.15) is 34.1 Å². The topological polar surface area (TPSA) is 37.3 Å². The maximum absolute atomic E-state index is 10.7. The molecule has 0 aromatic rings. The van der Waals surface area contributed by atoms with Gasteiger partial charge in [-0.1, -0.05) is 48.8 Å². The van der Waals surface area contributed by atoms with Gasteiger partial charge in [0.2, 0.25) is 0 Å². The second-order valence-corrected chi connectivity index (χ2v) is 4.44. The van der Waals surface area contributed by atoms with Crippen LogP contribution in [-0.4, -0.2) is 11.1 Å². The number of carboxylic acids is 1. The molecule has 0 atom stereocenters. The fourth-order valence-electron chi connectivity index (χ4n) is 0.859. The van der Waals surface area contributed by atoms with Crippen LogP contribution in [0.4, 0.5) is 0 Å². The highest BCUT2D eigenvalue weighted by Crippen LogP contribution is 2.20. The van der Waals surface area contributed by atoms with Crippen LogP contribution in [0.5, 0.6) is 0 Å². The van der Waals surface area contributed by atoms with Crippen LogP contribution in [0, 0.1) is 40.9 Å². The fraction of sp³-hybridized carbons (Fsp3) is 0.316. The second-order valence-electron chi connectivity index (χ2n) is 4.44. The molecule has 0 aliphatic rings. The molecular weight excluding hydrogens is 260 g/mol. The summed E-state index contributed by atoms with van der Waals surface area (Å²) in [7, 11) is 0. The predicted octanol–water partition coefficient (Wildman–Crippen LogP) is 3.82. The number of rotatable bonds is 5. The molecule has 0 aliphatic heterocycles. The molecule has 0 saturated carbocycles. The molecule has 0 heterocycles. The van der Waals surface area contributed by atoms with Crippen LogP contribution in [-0.2, 0) is 4.79 Å². The maximum Gasteiger partial charge on any atom is 0.309 e. The van der Waals surface area contributed by atoms with E-state index in [1.807, 2.05) is 18.2 Å². The Morgan fingerprint density at radius 1 is 1.05 bits per heavy atom. The minimum atomic E-state index is -0.773. The molecule has 110 valence electrons. The van der Waals surface area contributed by atoms with E-state index in [9.17, 15) is 4.79 Å². The molecule has 0 fully saturated rings. The Bertz CT molecular complexity index is 532. The van der Waals surface area contributed by atoms with E-state index in [0.29, 0.717) is 6.42 Å². The van der Waals surface area contributed by atoms with E-state index >= 15 is 0 Å². The summed E-state index contributed by atoms with van der Waals surface area (Å²) in [5.41, 5.74) is -0.682. The van der Waals surface area contributed by atoms with Crippen molar-refractivity contribution in [1.82, 2.24) is 0 Å². The third kappa shape index (κ3) is 15.3. The van der Waals surface area contributed by atoms with Gasteiger partial charge in [-0.2, -0.15) is 0 Å². The van der Waals surface area contributed by atoms with E-state index < -0.39 is 11.4 Å². The largest absolute Gasteiger partial charge is 0.481 e. The molecule has 0 unspecified atom stereocenters. The van der Waals surface area contributed by atoms with Crippen LogP contribution in [0.3, 0.4) is 0 Å². The van der Waals surface area contributed by atoms with Gasteiger partial charge in [0.05, 0.1) is 5.41 Å². The highest BCUT2D eigenvalue weighted by atomic mass is 16.4. The molecule has 0 rings (SSSR count). The molecule has 0 amide bonds. The SMILES string of the molecule is C=C/C=C\C=C\CC(C)(C)C(=O)O.CC#CC#CC#CC. The van der Waals surface area contributed by atoms with Gasteiger partial charge in [-0.3, -0.25) is 4.79 Å². The molecular formula is C19H22O2. The van der Waals surface area contributed by atoms with Gasteiger partial charge in [-0.15, -0.1) is 0 Å². The quantitative estimate of drug-likeness (QED) is 0.615. The van der Waals surface area contributed by atoms with E-state index in [0.717, 1.165) is 0 Å². The zero-order valence-corrected chi connectivity index (χ0v) is 13.2. The van der Waals surface area contributed by atoms with Crippen molar-refractivity contribution in [2.24, 2.45) is 5.41 Å². The smallest absolute Gasteiger partial charge is 0.309 e. The first-order valence-corrected chi connectivity index (χ1v) is 6.43. The average molecular weight is 282 g/mol. The molecule has 0 bridgehead atoms. The van der Waals surface area contributed by atoms with E-state index in [4.69, 9.17) is 5.11 Å². The maximum atomic E-state index is 10.7. The van der Waals surface area contributed by atoms with Gasteiger partial charge in [0.1, 0.15) is 0 Å². The van der Waals surface area contributed by atoms with E-state index in [2.05, 4.69) is 42.1 Å². The Balaban J connectivity index is 0. The van der Waals surface area contributed by atoms with Gasteiger partial charge in [0.25, 0.3) is 0 Å². The molecule has 0 radical (unpaired) electrons. The number of carboxylic acid groups (broad SMARTS) is 1. The van der Waals surface area contributed by atoms with Crippen molar-refractivity contribution < 1.29 is 9.90 Å². The first-order valence-electron chi connectivity index (χ1n) is 6.43. The third-order valence-electron chi connectivity index (χ3n) is 2.14. The molecule has 0 saturated heterocycles. The van der Waals surface area contributed by atoms with Crippen molar-refractivity contribution >= 4 is 5.97 Å². The van der Waals surface area contributed by atoms with Gasteiger partial charge in [0.15, 0.2) is 0 Å². The second kappa shape index (κ2) is 13.8. The van der Waals surface area contributed by atoms with Crippen molar-refractivity contribution in [3.8, 4) is 35.5 Å². The normalized spacial score (nSPS) is 9.14. The summed E-state index contributed by atoms with van der Waals surface area (Å²) in [6, 6.07) is 0. The Labute approximate surface area is 128 Å². The minimum absolute atomic E-state index is 0.532. The summed E-state index contributed by atoms with van der Waals surface area (Å²) >= 11 is 0. The zero-order chi connectivity index (χ0) is 16.6. The Morgan fingerprint density at radius 3 is 1.95 bits per heavy atom. The van der Waals surface area contributed by atoms with Crippen molar-refractivity contribution in [2.75, 3.05) is 0 Å². The highest BCUT2D eigenvalue weighted by molar-refractivity contribution is 5.73. The summed E-state index contributed by atoms with van der Waals surface area (Å²) in [4.78, 5) is 10.7. The van der Waals surface area contributed by atoms with E-state index in [-0.39, 0.29) is 0 Å². The number of allylic oxidation sites excluding steroid dienone is 5. The number of aliphatic carboxylic acids is 1. The molecule has 0 aliphatic carbocycles. The number of hydrogen-bond donors (Lipinski definition) is 1. The van der Waals surface area contributed by atoms with Gasteiger partial charge >= 0.3 is 5.97 Å². The highest BCUT2D eigenvalue weighted by Gasteiger charge is 2.24. The lowest BCUT2D eigenvalue weighted by Gasteiger charge is -2.15. The lowest BCUT2D eigenvalue weighted by molar-refractivity contribution is -0.146. The van der Waals surface area contributed by atoms with Crippen LogP contribution >= 0.6 is 0 Å². The van der Waals surface area contributed by atoms with Crippen molar-refractivity contribution in [3.63, 3.8) is 0 Å². The van der Waals surface area contributed by atoms with Crippen molar-refractivity contribution in [3.05, 3.63) is 37.0 Å². The van der Waals surface area contributed by atoms with Crippen LogP contribution in [0.15, 0.2) is 37.0 Å². The van der Waals surface area contributed by atoms with Crippen LogP contribution < -0.4 is 0 Å². The number of carbonyl (C=O) groups is 1. The lowest BCUT2D eigenvalue weighted by atomic mass is 9.89. The molecule has 0 spiro atoms. The molecule has 21 heavy (non-hydrogen) atoms. The summed E-state index contributed by atoms with van der Waals surface area (Å²) in [5.74, 6) is 14.7. The monoisotopic (exact) mass is 282 g/mol. The predicted molar refractivity (Wildman–Crippen MR) is 89.2 cm³/mol. The molecule has 2 heteroatoms. The Morgan fingerprint density at radius 2 is 1.57 bits per heavy atom. The molecule has 0 aromatic carbocycles. The first-order chi connectivity index (χ1) is 9.92. The van der Waals surface area contributed by atoms with Crippen LogP contribution in [0.2, 0.25) is 0 Å². The average Bonchev–Trinajstić information content (AvgIpc) is 2.44. The van der Waals surface area contributed by atoms with Crippen molar-refractivity contribution in [2.45, 2.75) is 34.1 Å². The molecule has 0 aromatic heterocycles. The summed E-state index contributed by atoms with van der Waals surface area (Å²) in [5, 5.41) is 8.78. The molecule has 1 N–H and O–H groups in total. The van der Waals surface area contributed by atoms with Crippen molar-refractivity contribution in [1.29, 1.82) is 0 Å². The summed E-state index contributed by atoms with van der Waals surface area (Å²) < 4.78 is 0. The number of hydrogen-bond acceptors (Lipinski definition) is 1. The van der Waals surface area contributed by atoms with Gasteiger partial charge in [0, 0.05) is 0 Å². The first kappa shape index (κ1) is 20.7.